The van der Waals surface area contributed by atoms with Crippen LogP contribution in [0.5, 0.6) is 0 Å². The third-order valence-corrected chi connectivity index (χ3v) is 8.99. The molecule has 0 fully saturated rings. The minimum atomic E-state index is -1.82. The van der Waals surface area contributed by atoms with Crippen LogP contribution in [0, 0.1) is 0 Å². The van der Waals surface area contributed by atoms with Gasteiger partial charge in [0.1, 0.15) is 23.2 Å². The minimum Gasteiger partial charge on any atom is -1.00 e. The van der Waals surface area contributed by atoms with Crippen LogP contribution in [0.3, 0.4) is 0 Å². The van der Waals surface area contributed by atoms with Gasteiger partial charge in [0.2, 0.25) is 0 Å². The van der Waals surface area contributed by atoms with E-state index in [4.69, 9.17) is 4.74 Å². The molecule has 1 nitrogen and oxygen atoms in total. The van der Waals surface area contributed by atoms with Gasteiger partial charge in [0, 0.05) is 5.75 Å². The van der Waals surface area contributed by atoms with Crippen LogP contribution in [0.2, 0.25) is 0 Å². The van der Waals surface area contributed by atoms with Crippen molar-refractivity contribution in [2.75, 3.05) is 25.0 Å². The van der Waals surface area contributed by atoms with Gasteiger partial charge in [-0.3, -0.25) is 0 Å². The van der Waals surface area contributed by atoms with Gasteiger partial charge in [-0.2, -0.15) is 11.8 Å². The van der Waals surface area contributed by atoms with E-state index in [1.165, 1.54) is 15.9 Å². The van der Waals surface area contributed by atoms with Gasteiger partial charge < -0.3 is 17.1 Å². The van der Waals surface area contributed by atoms with Crippen molar-refractivity contribution in [2.45, 2.75) is 0 Å². The van der Waals surface area contributed by atoms with E-state index in [2.05, 4.69) is 97.3 Å². The number of hydrogen-bond donors (Lipinski definition) is 0. The van der Waals surface area contributed by atoms with Crippen LogP contribution in [0.15, 0.2) is 91.0 Å². The molecule has 0 spiro atoms. The number of hydrogen-bond acceptors (Lipinski definition) is 2. The van der Waals surface area contributed by atoms with Gasteiger partial charge in [-0.1, -0.05) is 54.6 Å². The molecule has 0 bridgehead atoms. The zero-order chi connectivity index (χ0) is 17.4. The largest absolute Gasteiger partial charge is 1.00 e. The Morgan fingerprint density at radius 1 is 0.692 bits per heavy atom. The molecule has 0 aliphatic heterocycles. The van der Waals surface area contributed by atoms with Crippen molar-refractivity contribution in [3.8, 4) is 0 Å². The van der Waals surface area contributed by atoms with Crippen LogP contribution in [-0.2, 0) is 4.74 Å². The first kappa shape index (κ1) is 21.0. The van der Waals surface area contributed by atoms with E-state index in [0.29, 0.717) is 0 Å². The molecule has 0 aliphatic rings. The lowest BCUT2D eigenvalue weighted by Crippen LogP contribution is -3.00. The topological polar surface area (TPSA) is 9.23 Å². The summed E-state index contributed by atoms with van der Waals surface area (Å²) in [7, 11) is -1.82. The van der Waals surface area contributed by atoms with E-state index in [-0.39, 0.29) is 12.4 Å². The van der Waals surface area contributed by atoms with Gasteiger partial charge in [0.05, 0.1) is 6.61 Å². The monoisotopic (exact) mass is 402 g/mol. The molecule has 0 aromatic heterocycles. The van der Waals surface area contributed by atoms with Crippen molar-refractivity contribution in [3.05, 3.63) is 91.0 Å². The molecular formula is C22H24ClOPS. The summed E-state index contributed by atoms with van der Waals surface area (Å²) >= 11 is 1.83. The third kappa shape index (κ3) is 4.69. The molecule has 0 N–H and O–H groups in total. The average Bonchev–Trinajstić information content (AvgIpc) is 2.70. The van der Waals surface area contributed by atoms with Gasteiger partial charge in [-0.05, 0) is 42.7 Å². The molecule has 4 heteroatoms. The molecule has 0 atom stereocenters. The van der Waals surface area contributed by atoms with Gasteiger partial charge >= 0.3 is 0 Å². The molecule has 0 radical (unpaired) electrons. The summed E-state index contributed by atoms with van der Waals surface area (Å²) in [6, 6.07) is 32.6. The molecule has 3 aromatic rings. The van der Waals surface area contributed by atoms with Gasteiger partial charge in [0.25, 0.3) is 0 Å². The Balaban J connectivity index is 0.00000243. The van der Waals surface area contributed by atoms with E-state index in [0.717, 1.165) is 18.7 Å². The predicted octanol–water partition coefficient (Wildman–Crippen LogP) is 1.32. The quantitative estimate of drug-likeness (QED) is 0.415. The highest BCUT2D eigenvalue weighted by atomic mass is 35.5. The molecule has 0 unspecified atom stereocenters. The number of ether oxygens (including phenoxy) is 1. The van der Waals surface area contributed by atoms with Crippen molar-refractivity contribution >= 4 is 34.9 Å². The van der Waals surface area contributed by atoms with Crippen LogP contribution in [0.1, 0.15) is 0 Å². The van der Waals surface area contributed by atoms with Gasteiger partial charge in [0.15, 0.2) is 6.35 Å². The SMILES string of the molecule is CSCCOC[P+](c1ccccc1)(c1ccccc1)c1ccccc1.[Cl-]. The van der Waals surface area contributed by atoms with Crippen molar-refractivity contribution in [1.82, 2.24) is 0 Å². The highest BCUT2D eigenvalue weighted by molar-refractivity contribution is 7.98. The van der Waals surface area contributed by atoms with E-state index in [1.807, 2.05) is 11.8 Å². The Morgan fingerprint density at radius 3 is 1.42 bits per heavy atom. The van der Waals surface area contributed by atoms with E-state index in [1.54, 1.807) is 0 Å². The Hall–Kier alpha value is -1.31. The summed E-state index contributed by atoms with van der Waals surface area (Å²) < 4.78 is 6.23. The van der Waals surface area contributed by atoms with Crippen molar-refractivity contribution in [2.24, 2.45) is 0 Å². The lowest BCUT2D eigenvalue weighted by Gasteiger charge is -2.27. The normalized spacial score (nSPS) is 11.0. The first-order chi connectivity index (χ1) is 12.4. The summed E-state index contributed by atoms with van der Waals surface area (Å²) in [6.07, 6.45) is 2.86. The Morgan fingerprint density at radius 2 is 1.08 bits per heavy atom. The predicted molar refractivity (Wildman–Crippen MR) is 114 cm³/mol. The van der Waals surface area contributed by atoms with Crippen molar-refractivity contribution in [3.63, 3.8) is 0 Å². The zero-order valence-corrected chi connectivity index (χ0v) is 17.4. The number of rotatable bonds is 8. The number of thioether (sulfide) groups is 1. The second-order valence-electron chi connectivity index (χ2n) is 5.85. The molecule has 0 aliphatic carbocycles. The Labute approximate surface area is 167 Å². The molecule has 3 aromatic carbocycles. The summed E-state index contributed by atoms with van der Waals surface area (Å²) in [4.78, 5) is 0. The first-order valence-corrected chi connectivity index (χ1v) is 11.9. The molecule has 0 amide bonds. The molecule has 136 valence electrons. The fourth-order valence-electron chi connectivity index (χ4n) is 3.06. The summed E-state index contributed by atoms with van der Waals surface area (Å²) in [5.74, 6) is 1.03. The Bertz CT molecular complexity index is 656. The Kier molecular flexibility index (Phi) is 8.68. The maximum Gasteiger partial charge on any atom is 0.171 e. The number of halogens is 1. The van der Waals surface area contributed by atoms with Crippen LogP contribution in [-0.4, -0.2) is 25.0 Å². The van der Waals surface area contributed by atoms with Crippen LogP contribution in [0.4, 0.5) is 0 Å². The van der Waals surface area contributed by atoms with E-state index < -0.39 is 7.26 Å². The maximum absolute atomic E-state index is 6.23. The van der Waals surface area contributed by atoms with E-state index >= 15 is 0 Å². The van der Waals surface area contributed by atoms with Crippen LogP contribution >= 0.6 is 19.0 Å². The summed E-state index contributed by atoms with van der Waals surface area (Å²) in [5.41, 5.74) is 0. The van der Waals surface area contributed by atoms with Crippen LogP contribution in [0.25, 0.3) is 0 Å². The molecule has 0 saturated heterocycles. The van der Waals surface area contributed by atoms with Crippen molar-refractivity contribution < 1.29 is 17.1 Å². The zero-order valence-electron chi connectivity index (χ0n) is 14.9. The number of benzene rings is 3. The first-order valence-electron chi connectivity index (χ1n) is 8.49. The maximum atomic E-state index is 6.23. The molecule has 26 heavy (non-hydrogen) atoms. The standard InChI is InChI=1S/C22H24OPS.ClH/c1-25-18-17-23-19-24(20-11-5-2-6-12-20,21-13-7-3-8-14-21)22-15-9-4-10-16-22;/h2-16H,17-19H2,1H3;1H/q+1;/p-1. The summed E-state index contributed by atoms with van der Waals surface area (Å²) in [6.45, 7) is 0.787. The average molecular weight is 403 g/mol. The van der Waals surface area contributed by atoms with Gasteiger partial charge in [-0.25, -0.2) is 0 Å². The lowest BCUT2D eigenvalue weighted by atomic mass is 10.4. The highest BCUT2D eigenvalue weighted by Gasteiger charge is 2.45. The molecule has 3 rings (SSSR count). The lowest BCUT2D eigenvalue weighted by molar-refractivity contribution is -0.00000530. The smallest absolute Gasteiger partial charge is 0.171 e. The fraction of sp³-hybridized carbons (Fsp3) is 0.182. The molecule has 0 heterocycles. The molecular weight excluding hydrogens is 379 g/mol. The summed E-state index contributed by atoms with van der Waals surface area (Å²) in [5, 5.41) is 4.12. The second kappa shape index (κ2) is 10.7. The third-order valence-electron chi connectivity index (χ3n) is 4.31. The minimum absolute atomic E-state index is 0. The second-order valence-corrected chi connectivity index (χ2v) is 10.3. The highest BCUT2D eigenvalue weighted by Crippen LogP contribution is 2.55. The van der Waals surface area contributed by atoms with E-state index in [9.17, 15) is 0 Å². The fourth-order valence-corrected chi connectivity index (χ4v) is 7.13. The van der Waals surface area contributed by atoms with Crippen molar-refractivity contribution in [1.29, 1.82) is 0 Å². The van der Waals surface area contributed by atoms with Gasteiger partial charge in [-0.15, -0.1) is 0 Å². The molecule has 0 saturated carbocycles. The van der Waals surface area contributed by atoms with Crippen LogP contribution < -0.4 is 28.3 Å².